The van der Waals surface area contributed by atoms with Gasteiger partial charge >= 0.3 is 6.09 Å². The van der Waals surface area contributed by atoms with Gasteiger partial charge in [-0.2, -0.15) is 0 Å². The third-order valence-electron chi connectivity index (χ3n) is 4.47. The van der Waals surface area contributed by atoms with E-state index in [9.17, 15) is 9.59 Å². The van der Waals surface area contributed by atoms with Crippen molar-refractivity contribution in [3.63, 3.8) is 0 Å². The lowest BCUT2D eigenvalue weighted by Gasteiger charge is -2.29. The van der Waals surface area contributed by atoms with E-state index in [1.807, 2.05) is 45.9 Å². The quantitative estimate of drug-likeness (QED) is 0.815. The summed E-state index contributed by atoms with van der Waals surface area (Å²) in [5.41, 5.74) is 2.31. The molecular weight excluding hydrogens is 390 g/mol. The summed E-state index contributed by atoms with van der Waals surface area (Å²) in [5.74, 6) is 0.633. The highest BCUT2D eigenvalue weighted by Crippen LogP contribution is 2.29. The molecule has 2 aromatic rings. The van der Waals surface area contributed by atoms with Gasteiger partial charge in [-0.05, 0) is 44.9 Å². The minimum atomic E-state index is -0.525. The summed E-state index contributed by atoms with van der Waals surface area (Å²) < 4.78 is 10.8. The van der Waals surface area contributed by atoms with Crippen molar-refractivity contribution in [2.75, 3.05) is 19.0 Å². The fraction of sp³-hybridized carbons (Fsp3) is 0.476. The lowest BCUT2D eigenvalue weighted by molar-refractivity contribution is -0.115. The maximum Gasteiger partial charge on any atom is 0.410 e. The summed E-state index contributed by atoms with van der Waals surface area (Å²) in [7, 11) is 1.62. The molecule has 2 amide bonds. The van der Waals surface area contributed by atoms with E-state index in [1.54, 1.807) is 12.0 Å². The molecule has 8 heteroatoms. The van der Waals surface area contributed by atoms with Gasteiger partial charge in [0.2, 0.25) is 5.91 Å². The highest BCUT2D eigenvalue weighted by atomic mass is 32.1. The van der Waals surface area contributed by atoms with Gasteiger partial charge in [0, 0.05) is 17.8 Å². The van der Waals surface area contributed by atoms with E-state index in [4.69, 9.17) is 9.47 Å². The Kier molecular flexibility index (Phi) is 6.12. The first-order valence-electron chi connectivity index (χ1n) is 9.54. The minimum Gasteiger partial charge on any atom is -0.496 e. The predicted octanol–water partition coefficient (Wildman–Crippen LogP) is 3.93. The standard InChI is InChI=1S/C21H27N3O4S/c1-13-6-7-14(10-16(13)27-5)11-18(25)23-19-22-15-8-9-24(12-17(15)29-19)20(26)28-21(2,3)4/h6-7,10H,8-9,11-12H2,1-5H3,(H,22,23,25). The van der Waals surface area contributed by atoms with Crippen molar-refractivity contribution in [3.05, 3.63) is 39.9 Å². The van der Waals surface area contributed by atoms with Crippen molar-refractivity contribution >= 4 is 28.5 Å². The average Bonchev–Trinajstić information content (AvgIpc) is 3.02. The van der Waals surface area contributed by atoms with Crippen LogP contribution in [-0.4, -0.2) is 41.1 Å². The summed E-state index contributed by atoms with van der Waals surface area (Å²) in [6, 6.07) is 5.73. The molecule has 1 N–H and O–H groups in total. The molecule has 156 valence electrons. The zero-order valence-corrected chi connectivity index (χ0v) is 18.3. The Morgan fingerprint density at radius 3 is 2.76 bits per heavy atom. The van der Waals surface area contributed by atoms with E-state index < -0.39 is 5.60 Å². The molecule has 29 heavy (non-hydrogen) atoms. The van der Waals surface area contributed by atoms with Crippen molar-refractivity contribution in [2.24, 2.45) is 0 Å². The molecule has 0 aliphatic carbocycles. The van der Waals surface area contributed by atoms with E-state index in [1.165, 1.54) is 11.3 Å². The summed E-state index contributed by atoms with van der Waals surface area (Å²) in [6.07, 6.45) is 0.566. The van der Waals surface area contributed by atoms with Gasteiger partial charge < -0.3 is 19.7 Å². The molecule has 0 saturated carbocycles. The Morgan fingerprint density at radius 2 is 2.07 bits per heavy atom. The van der Waals surface area contributed by atoms with Crippen molar-refractivity contribution in [1.82, 2.24) is 9.88 Å². The topological polar surface area (TPSA) is 80.8 Å². The SMILES string of the molecule is COc1cc(CC(=O)Nc2nc3c(s2)CN(C(=O)OC(C)(C)C)CC3)ccc1C. The first-order chi connectivity index (χ1) is 13.6. The zero-order chi connectivity index (χ0) is 21.2. The number of aromatic nitrogens is 1. The number of benzene rings is 1. The number of rotatable bonds is 4. The molecule has 0 bridgehead atoms. The molecule has 0 atom stereocenters. The Bertz CT molecular complexity index is 917. The predicted molar refractivity (Wildman–Crippen MR) is 113 cm³/mol. The number of nitrogens with one attached hydrogen (secondary N) is 1. The van der Waals surface area contributed by atoms with Crippen LogP contribution in [-0.2, 0) is 28.9 Å². The highest BCUT2D eigenvalue weighted by molar-refractivity contribution is 7.15. The number of anilines is 1. The largest absolute Gasteiger partial charge is 0.496 e. The number of aryl methyl sites for hydroxylation is 1. The molecule has 1 aromatic carbocycles. The van der Waals surface area contributed by atoms with Gasteiger partial charge in [-0.1, -0.05) is 23.5 Å². The summed E-state index contributed by atoms with van der Waals surface area (Å²) in [4.78, 5) is 31.9. The zero-order valence-electron chi connectivity index (χ0n) is 17.5. The second kappa shape index (κ2) is 8.41. The number of thiazole rings is 1. The molecule has 0 fully saturated rings. The molecule has 0 unspecified atom stereocenters. The summed E-state index contributed by atoms with van der Waals surface area (Å²) >= 11 is 1.41. The van der Waals surface area contributed by atoms with Crippen LogP contribution in [0.3, 0.4) is 0 Å². The van der Waals surface area contributed by atoms with E-state index in [0.29, 0.717) is 24.6 Å². The average molecular weight is 418 g/mol. The monoisotopic (exact) mass is 417 g/mol. The van der Waals surface area contributed by atoms with Crippen LogP contribution >= 0.6 is 11.3 Å². The van der Waals surface area contributed by atoms with Crippen LogP contribution in [0.2, 0.25) is 0 Å². The number of fused-ring (bicyclic) bond motifs is 1. The number of amides is 2. The summed E-state index contributed by atoms with van der Waals surface area (Å²) in [5, 5.41) is 3.44. The van der Waals surface area contributed by atoms with Gasteiger partial charge in [-0.25, -0.2) is 9.78 Å². The number of ether oxygens (including phenoxy) is 2. The Balaban J connectivity index is 1.61. The van der Waals surface area contributed by atoms with Crippen molar-refractivity contribution in [3.8, 4) is 5.75 Å². The number of methoxy groups -OCH3 is 1. The number of carbonyl (C=O) groups is 2. The minimum absolute atomic E-state index is 0.133. The Labute approximate surface area is 175 Å². The molecule has 7 nitrogen and oxygen atoms in total. The van der Waals surface area contributed by atoms with Crippen molar-refractivity contribution in [2.45, 2.75) is 52.7 Å². The van der Waals surface area contributed by atoms with Gasteiger partial charge in [-0.15, -0.1) is 0 Å². The molecule has 0 radical (unpaired) electrons. The normalized spacial score (nSPS) is 13.6. The maximum absolute atomic E-state index is 12.4. The number of hydrogen-bond acceptors (Lipinski definition) is 6. The van der Waals surface area contributed by atoms with Crippen molar-refractivity contribution in [1.29, 1.82) is 0 Å². The van der Waals surface area contributed by atoms with Crippen LogP contribution in [0.15, 0.2) is 18.2 Å². The molecule has 2 heterocycles. The molecule has 1 aliphatic heterocycles. The lowest BCUT2D eigenvalue weighted by atomic mass is 10.1. The lowest BCUT2D eigenvalue weighted by Crippen LogP contribution is -2.39. The Hall–Kier alpha value is -2.61. The molecule has 1 aromatic heterocycles. The van der Waals surface area contributed by atoms with Crippen LogP contribution in [0.25, 0.3) is 0 Å². The van der Waals surface area contributed by atoms with E-state index >= 15 is 0 Å². The van der Waals surface area contributed by atoms with Crippen LogP contribution in [0.5, 0.6) is 5.75 Å². The third-order valence-corrected chi connectivity index (χ3v) is 5.46. The second-order valence-electron chi connectivity index (χ2n) is 8.07. The van der Waals surface area contributed by atoms with Gasteiger partial charge in [0.15, 0.2) is 5.13 Å². The van der Waals surface area contributed by atoms with Gasteiger partial charge in [0.1, 0.15) is 11.4 Å². The molecule has 3 rings (SSSR count). The molecule has 1 aliphatic rings. The number of hydrogen-bond donors (Lipinski definition) is 1. The van der Waals surface area contributed by atoms with Crippen molar-refractivity contribution < 1.29 is 19.1 Å². The van der Waals surface area contributed by atoms with E-state index in [-0.39, 0.29) is 18.4 Å². The first kappa shape index (κ1) is 21.1. The smallest absolute Gasteiger partial charge is 0.410 e. The van der Waals surface area contributed by atoms with Crippen LogP contribution in [0, 0.1) is 6.92 Å². The van der Waals surface area contributed by atoms with Crippen LogP contribution < -0.4 is 10.1 Å². The Morgan fingerprint density at radius 1 is 1.31 bits per heavy atom. The fourth-order valence-electron chi connectivity index (χ4n) is 3.05. The fourth-order valence-corrected chi connectivity index (χ4v) is 4.09. The number of nitrogens with zero attached hydrogens (tertiary/aromatic N) is 2. The maximum atomic E-state index is 12.4. The summed E-state index contributed by atoms with van der Waals surface area (Å²) in [6.45, 7) is 8.53. The first-order valence-corrected chi connectivity index (χ1v) is 10.4. The van der Waals surface area contributed by atoms with Gasteiger partial charge in [0.05, 0.1) is 25.8 Å². The van der Waals surface area contributed by atoms with E-state index in [0.717, 1.165) is 27.4 Å². The molecule has 0 spiro atoms. The number of carbonyl (C=O) groups excluding carboxylic acids is 2. The van der Waals surface area contributed by atoms with Crippen LogP contribution in [0.4, 0.5) is 9.93 Å². The van der Waals surface area contributed by atoms with E-state index in [2.05, 4.69) is 10.3 Å². The highest BCUT2D eigenvalue weighted by Gasteiger charge is 2.28. The third kappa shape index (κ3) is 5.47. The van der Waals surface area contributed by atoms with Gasteiger partial charge in [-0.3, -0.25) is 4.79 Å². The molecular formula is C21H27N3O4S. The second-order valence-corrected chi connectivity index (χ2v) is 9.15. The van der Waals surface area contributed by atoms with Crippen LogP contribution in [0.1, 0.15) is 42.5 Å². The van der Waals surface area contributed by atoms with Gasteiger partial charge in [0.25, 0.3) is 0 Å². The molecule has 0 saturated heterocycles.